The fourth-order valence-corrected chi connectivity index (χ4v) is 8.06. The van der Waals surface area contributed by atoms with Gasteiger partial charge in [-0.1, -0.05) is 188 Å². The van der Waals surface area contributed by atoms with Crippen molar-refractivity contribution >= 4 is 53.9 Å². The molecule has 0 spiro atoms. The van der Waals surface area contributed by atoms with Crippen LogP contribution in [0, 0.1) is 0 Å². The molecule has 0 amide bonds. The predicted octanol–water partition coefficient (Wildman–Crippen LogP) is 14.1. The normalized spacial score (nSPS) is 11.6. The quantitative estimate of drug-likeness (QED) is 0.134. The molecule has 0 fully saturated rings. The first kappa shape index (κ1) is 28.5. The monoisotopic (exact) mass is 632 g/mol. The summed E-state index contributed by atoms with van der Waals surface area (Å²) in [7, 11) is 0. The summed E-state index contributed by atoms with van der Waals surface area (Å²) in [4.78, 5) is 0. The van der Waals surface area contributed by atoms with Crippen molar-refractivity contribution < 1.29 is 0 Å². The lowest BCUT2D eigenvalue weighted by Gasteiger charge is -2.18. The van der Waals surface area contributed by atoms with E-state index < -0.39 is 0 Å². The smallest absolute Gasteiger partial charge is 0.00264 e. The standard InChI is InChI=1S/C50H32/c1-2-12-39-32-40(29-22-33(39)10-1)34-20-25-37(26-21-34)49-45-14-5-7-16-47(45)50(48-17-8-6-15-46(48)49)38-27-23-36(24-28-38)42-18-9-19-43-41-13-4-3-11-35(41)30-31-44(42)43/h1-32H. The summed E-state index contributed by atoms with van der Waals surface area (Å²) in [6.45, 7) is 0. The van der Waals surface area contributed by atoms with Crippen LogP contribution in [0.4, 0.5) is 0 Å². The van der Waals surface area contributed by atoms with Crippen molar-refractivity contribution in [3.63, 3.8) is 0 Å². The molecule has 0 N–H and O–H groups in total. The van der Waals surface area contributed by atoms with Crippen molar-refractivity contribution in [3.8, 4) is 44.5 Å². The topological polar surface area (TPSA) is 0 Å². The highest BCUT2D eigenvalue weighted by Crippen LogP contribution is 2.44. The second-order valence-corrected chi connectivity index (χ2v) is 13.2. The van der Waals surface area contributed by atoms with Crippen LogP contribution in [-0.4, -0.2) is 0 Å². The first-order valence-corrected chi connectivity index (χ1v) is 17.3. The van der Waals surface area contributed by atoms with Crippen molar-refractivity contribution in [1.82, 2.24) is 0 Å². The van der Waals surface area contributed by atoms with Crippen LogP contribution in [0.5, 0.6) is 0 Å². The maximum Gasteiger partial charge on any atom is -0.00264 e. The average molecular weight is 633 g/mol. The summed E-state index contributed by atoms with van der Waals surface area (Å²) in [5.74, 6) is 0. The number of hydrogen-bond donors (Lipinski definition) is 0. The average Bonchev–Trinajstić information content (AvgIpc) is 3.19. The number of hydrogen-bond acceptors (Lipinski definition) is 0. The molecule has 0 bridgehead atoms. The minimum atomic E-state index is 1.23. The van der Waals surface area contributed by atoms with Crippen molar-refractivity contribution in [2.45, 2.75) is 0 Å². The number of benzene rings is 10. The van der Waals surface area contributed by atoms with Crippen LogP contribution in [0.15, 0.2) is 194 Å². The first-order chi connectivity index (χ1) is 24.8. The Bertz CT molecular complexity index is 2840. The minimum Gasteiger partial charge on any atom is -0.0616 e. The largest absolute Gasteiger partial charge is 0.0616 e. The molecule has 50 heavy (non-hydrogen) atoms. The van der Waals surface area contributed by atoms with E-state index in [0.29, 0.717) is 0 Å². The van der Waals surface area contributed by atoms with Gasteiger partial charge in [-0.15, -0.1) is 0 Å². The van der Waals surface area contributed by atoms with Crippen LogP contribution in [-0.2, 0) is 0 Å². The first-order valence-electron chi connectivity index (χ1n) is 17.3. The highest BCUT2D eigenvalue weighted by molar-refractivity contribution is 6.21. The van der Waals surface area contributed by atoms with Crippen LogP contribution < -0.4 is 0 Å². The Hall–Kier alpha value is -6.50. The molecule has 0 aliphatic rings. The molecular weight excluding hydrogens is 601 g/mol. The molecule has 0 nitrogen and oxygen atoms in total. The van der Waals surface area contributed by atoms with Crippen LogP contribution in [0.1, 0.15) is 0 Å². The van der Waals surface area contributed by atoms with Gasteiger partial charge in [0.1, 0.15) is 0 Å². The van der Waals surface area contributed by atoms with Gasteiger partial charge in [-0.3, -0.25) is 0 Å². The van der Waals surface area contributed by atoms with Gasteiger partial charge in [-0.25, -0.2) is 0 Å². The lowest BCUT2D eigenvalue weighted by atomic mass is 9.85. The zero-order valence-electron chi connectivity index (χ0n) is 27.5. The van der Waals surface area contributed by atoms with E-state index in [2.05, 4.69) is 194 Å². The lowest BCUT2D eigenvalue weighted by molar-refractivity contribution is 1.62. The van der Waals surface area contributed by atoms with Crippen LogP contribution in [0.25, 0.3) is 98.4 Å². The molecule has 0 heterocycles. The summed E-state index contributed by atoms with van der Waals surface area (Å²) in [6.07, 6.45) is 0. The van der Waals surface area contributed by atoms with Gasteiger partial charge >= 0.3 is 0 Å². The Morgan fingerprint density at radius 1 is 0.200 bits per heavy atom. The molecule has 0 aliphatic carbocycles. The molecule has 0 aromatic heterocycles. The second kappa shape index (κ2) is 11.6. The van der Waals surface area contributed by atoms with Crippen LogP contribution in [0.3, 0.4) is 0 Å². The minimum absolute atomic E-state index is 1.23. The molecule has 0 saturated carbocycles. The highest BCUT2D eigenvalue weighted by Gasteiger charge is 2.17. The molecule has 0 atom stereocenters. The van der Waals surface area contributed by atoms with Crippen molar-refractivity contribution in [1.29, 1.82) is 0 Å². The third kappa shape index (κ3) is 4.61. The summed E-state index contributed by atoms with van der Waals surface area (Å²) in [5, 5.41) is 12.7. The maximum absolute atomic E-state index is 2.31. The summed E-state index contributed by atoms with van der Waals surface area (Å²) in [5.41, 5.74) is 9.97. The Morgan fingerprint density at radius 2 is 0.640 bits per heavy atom. The van der Waals surface area contributed by atoms with Gasteiger partial charge in [-0.05, 0) is 104 Å². The summed E-state index contributed by atoms with van der Waals surface area (Å²) in [6, 6.07) is 71.3. The van der Waals surface area contributed by atoms with E-state index in [9.17, 15) is 0 Å². The lowest BCUT2D eigenvalue weighted by Crippen LogP contribution is -1.91. The molecule has 10 aromatic rings. The highest BCUT2D eigenvalue weighted by atomic mass is 14.2. The zero-order chi connectivity index (χ0) is 33.0. The van der Waals surface area contributed by atoms with Gasteiger partial charge in [0.25, 0.3) is 0 Å². The third-order valence-corrected chi connectivity index (χ3v) is 10.5. The fourth-order valence-electron chi connectivity index (χ4n) is 8.06. The van der Waals surface area contributed by atoms with Crippen molar-refractivity contribution in [2.75, 3.05) is 0 Å². The van der Waals surface area contributed by atoms with Crippen LogP contribution >= 0.6 is 0 Å². The molecular formula is C50H32. The van der Waals surface area contributed by atoms with Gasteiger partial charge in [0.05, 0.1) is 0 Å². The van der Waals surface area contributed by atoms with E-state index in [1.54, 1.807) is 0 Å². The molecule has 0 heteroatoms. The van der Waals surface area contributed by atoms with E-state index in [1.165, 1.54) is 98.4 Å². The van der Waals surface area contributed by atoms with Gasteiger partial charge in [0.15, 0.2) is 0 Å². The third-order valence-electron chi connectivity index (χ3n) is 10.5. The van der Waals surface area contributed by atoms with Crippen LogP contribution in [0.2, 0.25) is 0 Å². The molecule has 232 valence electrons. The van der Waals surface area contributed by atoms with E-state index in [-0.39, 0.29) is 0 Å². The molecule has 0 radical (unpaired) electrons. The Kier molecular flexibility index (Phi) is 6.60. The Labute approximate surface area is 291 Å². The fraction of sp³-hybridized carbons (Fsp3) is 0. The molecule has 10 rings (SSSR count). The van der Waals surface area contributed by atoms with Crippen molar-refractivity contribution in [2.24, 2.45) is 0 Å². The van der Waals surface area contributed by atoms with E-state index >= 15 is 0 Å². The van der Waals surface area contributed by atoms with Gasteiger partial charge in [0.2, 0.25) is 0 Å². The van der Waals surface area contributed by atoms with Gasteiger partial charge < -0.3 is 0 Å². The Balaban J connectivity index is 1.09. The predicted molar refractivity (Wildman–Crippen MR) is 216 cm³/mol. The molecule has 10 aromatic carbocycles. The van der Waals surface area contributed by atoms with Gasteiger partial charge in [0, 0.05) is 0 Å². The number of fused-ring (bicyclic) bond motifs is 6. The van der Waals surface area contributed by atoms with E-state index in [0.717, 1.165) is 0 Å². The molecule has 0 unspecified atom stereocenters. The maximum atomic E-state index is 2.31. The summed E-state index contributed by atoms with van der Waals surface area (Å²) < 4.78 is 0. The zero-order valence-corrected chi connectivity index (χ0v) is 27.5. The van der Waals surface area contributed by atoms with E-state index in [1.807, 2.05) is 0 Å². The van der Waals surface area contributed by atoms with Gasteiger partial charge in [-0.2, -0.15) is 0 Å². The molecule has 0 aliphatic heterocycles. The molecule has 0 saturated heterocycles. The Morgan fingerprint density at radius 3 is 1.26 bits per heavy atom. The second-order valence-electron chi connectivity index (χ2n) is 13.2. The summed E-state index contributed by atoms with van der Waals surface area (Å²) >= 11 is 0. The SMILES string of the molecule is c1ccc2cc(-c3ccc(-c4c5ccccc5c(-c5ccc(-c6cccc7c6ccc6ccccc67)cc5)c5ccccc45)cc3)ccc2c1. The van der Waals surface area contributed by atoms with E-state index in [4.69, 9.17) is 0 Å². The number of rotatable bonds is 4. The van der Waals surface area contributed by atoms with Crippen molar-refractivity contribution in [3.05, 3.63) is 194 Å².